The van der Waals surface area contributed by atoms with Crippen molar-refractivity contribution in [2.45, 2.75) is 19.3 Å². The smallest absolute Gasteiger partial charge is 0.253 e. The fourth-order valence-electron chi connectivity index (χ4n) is 1.59. The summed E-state index contributed by atoms with van der Waals surface area (Å²) >= 11 is 3.05. The number of aliphatic hydroxyl groups excluding tert-OH is 1. The van der Waals surface area contributed by atoms with Gasteiger partial charge in [-0.15, -0.1) is 0 Å². The molecule has 5 heteroatoms. The fraction of sp³-hybridized carbons (Fsp3) is 0.462. The van der Waals surface area contributed by atoms with E-state index in [1.54, 1.807) is 18.0 Å². The van der Waals surface area contributed by atoms with Crippen molar-refractivity contribution in [3.05, 3.63) is 34.1 Å². The van der Waals surface area contributed by atoms with Gasteiger partial charge >= 0.3 is 0 Å². The molecule has 0 spiro atoms. The Labute approximate surface area is 115 Å². The lowest BCUT2D eigenvalue weighted by atomic mass is 10.2. The third kappa shape index (κ3) is 4.38. The van der Waals surface area contributed by atoms with Gasteiger partial charge in [-0.3, -0.25) is 4.79 Å². The van der Waals surface area contributed by atoms with Gasteiger partial charge in [0.2, 0.25) is 0 Å². The van der Waals surface area contributed by atoms with Gasteiger partial charge in [-0.2, -0.15) is 0 Å². The van der Waals surface area contributed by atoms with Gasteiger partial charge in [-0.05, 0) is 53.4 Å². The molecule has 0 aliphatic rings. The summed E-state index contributed by atoms with van der Waals surface area (Å²) in [6.45, 7) is 0.784. The lowest BCUT2D eigenvalue weighted by Gasteiger charge is -2.17. The first-order chi connectivity index (χ1) is 8.56. The number of unbranched alkanes of at least 4 members (excludes halogenated alkanes) is 2. The first-order valence-corrected chi connectivity index (χ1v) is 6.67. The van der Waals surface area contributed by atoms with E-state index in [1.807, 2.05) is 0 Å². The zero-order valence-electron chi connectivity index (χ0n) is 10.3. The molecule has 1 N–H and O–H groups in total. The largest absolute Gasteiger partial charge is 0.396 e. The topological polar surface area (TPSA) is 40.5 Å². The van der Waals surface area contributed by atoms with E-state index < -0.39 is 5.82 Å². The zero-order valence-corrected chi connectivity index (χ0v) is 11.9. The predicted molar refractivity (Wildman–Crippen MR) is 72.0 cm³/mol. The molecule has 1 aromatic rings. The highest BCUT2D eigenvalue weighted by atomic mass is 79.9. The minimum atomic E-state index is -0.436. The number of rotatable bonds is 6. The van der Waals surface area contributed by atoms with Gasteiger partial charge in [0.1, 0.15) is 5.82 Å². The van der Waals surface area contributed by atoms with Crippen molar-refractivity contribution in [3.8, 4) is 0 Å². The number of carbonyl (C=O) groups is 1. The van der Waals surface area contributed by atoms with E-state index in [-0.39, 0.29) is 12.5 Å². The van der Waals surface area contributed by atoms with Crippen LogP contribution in [0.2, 0.25) is 0 Å². The van der Waals surface area contributed by atoms with Crippen LogP contribution in [0.3, 0.4) is 0 Å². The first-order valence-electron chi connectivity index (χ1n) is 5.87. The molecule has 0 unspecified atom stereocenters. The van der Waals surface area contributed by atoms with Gasteiger partial charge in [0.15, 0.2) is 0 Å². The molecule has 0 radical (unpaired) electrons. The average molecular weight is 318 g/mol. The molecule has 0 atom stereocenters. The Morgan fingerprint density at radius 2 is 2.11 bits per heavy atom. The molecule has 0 aliphatic carbocycles. The van der Waals surface area contributed by atoms with Gasteiger partial charge in [-0.25, -0.2) is 4.39 Å². The molecule has 0 fully saturated rings. The molecule has 3 nitrogen and oxygen atoms in total. The van der Waals surface area contributed by atoms with Crippen molar-refractivity contribution in [1.82, 2.24) is 4.90 Å². The number of benzene rings is 1. The van der Waals surface area contributed by atoms with E-state index in [0.717, 1.165) is 19.3 Å². The second-order valence-corrected chi connectivity index (χ2v) is 4.99. The van der Waals surface area contributed by atoms with Gasteiger partial charge in [0.25, 0.3) is 5.91 Å². The van der Waals surface area contributed by atoms with E-state index >= 15 is 0 Å². The lowest BCUT2D eigenvalue weighted by molar-refractivity contribution is 0.0791. The van der Waals surface area contributed by atoms with Crippen LogP contribution < -0.4 is 0 Å². The third-order valence-corrected chi connectivity index (χ3v) is 3.31. The molecule has 1 rings (SSSR count). The predicted octanol–water partition coefficient (Wildman–Crippen LogP) is 2.82. The molecule has 0 aromatic heterocycles. The Balaban J connectivity index is 2.54. The van der Waals surface area contributed by atoms with E-state index in [9.17, 15) is 9.18 Å². The molecule has 18 heavy (non-hydrogen) atoms. The number of amides is 1. The maximum Gasteiger partial charge on any atom is 0.253 e. The van der Waals surface area contributed by atoms with Crippen molar-refractivity contribution in [3.63, 3.8) is 0 Å². The standard InChI is InChI=1S/C13H17BrFNO2/c1-16(7-3-2-4-8-17)13(18)10-5-6-11(14)12(15)9-10/h5-6,9,17H,2-4,7-8H2,1H3. The van der Waals surface area contributed by atoms with E-state index in [0.29, 0.717) is 16.6 Å². The monoisotopic (exact) mass is 317 g/mol. The number of aliphatic hydroxyl groups is 1. The summed E-state index contributed by atoms with van der Waals surface area (Å²) in [6.07, 6.45) is 2.46. The SMILES string of the molecule is CN(CCCCCO)C(=O)c1ccc(Br)c(F)c1. The normalized spacial score (nSPS) is 10.4. The van der Waals surface area contributed by atoms with Crippen molar-refractivity contribution >= 4 is 21.8 Å². The molecule has 0 heterocycles. The van der Waals surface area contributed by atoms with Crippen LogP contribution in [0.4, 0.5) is 4.39 Å². The van der Waals surface area contributed by atoms with Gasteiger partial charge in [0.05, 0.1) is 4.47 Å². The minimum Gasteiger partial charge on any atom is -0.396 e. The Bertz CT molecular complexity index is 412. The Morgan fingerprint density at radius 3 is 2.72 bits per heavy atom. The summed E-state index contributed by atoms with van der Waals surface area (Å²) < 4.78 is 13.7. The van der Waals surface area contributed by atoms with Crippen LogP contribution in [-0.2, 0) is 0 Å². The lowest BCUT2D eigenvalue weighted by Crippen LogP contribution is -2.27. The number of hydrogen-bond acceptors (Lipinski definition) is 2. The molecule has 100 valence electrons. The molecule has 0 aliphatic heterocycles. The first kappa shape index (κ1) is 15.1. The fourth-order valence-corrected chi connectivity index (χ4v) is 1.84. The van der Waals surface area contributed by atoms with Crippen molar-refractivity contribution in [1.29, 1.82) is 0 Å². The van der Waals surface area contributed by atoms with E-state index in [1.165, 1.54) is 12.1 Å². The summed E-state index contributed by atoms with van der Waals surface area (Å²) in [5.41, 5.74) is 0.348. The Hall–Kier alpha value is -0.940. The highest BCUT2D eigenvalue weighted by Gasteiger charge is 2.12. The maximum absolute atomic E-state index is 13.3. The van der Waals surface area contributed by atoms with Crippen molar-refractivity contribution in [2.75, 3.05) is 20.2 Å². The van der Waals surface area contributed by atoms with Crippen molar-refractivity contribution < 1.29 is 14.3 Å². The van der Waals surface area contributed by atoms with Crippen molar-refractivity contribution in [2.24, 2.45) is 0 Å². The Kier molecular flexibility index (Phi) is 6.29. The van der Waals surface area contributed by atoms with Gasteiger partial charge < -0.3 is 10.0 Å². The minimum absolute atomic E-state index is 0.176. The second-order valence-electron chi connectivity index (χ2n) is 4.14. The number of hydrogen-bond donors (Lipinski definition) is 1. The van der Waals surface area contributed by atoms with Crippen LogP contribution in [0.25, 0.3) is 0 Å². The van der Waals surface area contributed by atoms with Crippen LogP contribution in [0.15, 0.2) is 22.7 Å². The molecule has 1 aromatic carbocycles. The summed E-state index contributed by atoms with van der Waals surface area (Å²) in [5.74, 6) is -0.625. The zero-order chi connectivity index (χ0) is 13.5. The molecule has 0 saturated carbocycles. The molecular weight excluding hydrogens is 301 g/mol. The average Bonchev–Trinajstić information content (AvgIpc) is 2.37. The van der Waals surface area contributed by atoms with Crippen LogP contribution >= 0.6 is 15.9 Å². The Morgan fingerprint density at radius 1 is 1.39 bits per heavy atom. The van der Waals surface area contributed by atoms with E-state index in [4.69, 9.17) is 5.11 Å². The molecule has 0 bridgehead atoms. The van der Waals surface area contributed by atoms with Gasteiger partial charge in [0, 0.05) is 25.8 Å². The quantitative estimate of drug-likeness (QED) is 0.820. The highest BCUT2D eigenvalue weighted by molar-refractivity contribution is 9.10. The number of halogens is 2. The molecule has 0 saturated heterocycles. The summed E-state index contributed by atoms with van der Waals surface area (Å²) in [5, 5.41) is 8.65. The van der Waals surface area contributed by atoms with Crippen LogP contribution in [0.1, 0.15) is 29.6 Å². The molecule has 1 amide bonds. The number of nitrogens with zero attached hydrogens (tertiary/aromatic N) is 1. The van der Waals surface area contributed by atoms with Crippen LogP contribution in [0, 0.1) is 5.82 Å². The summed E-state index contributed by atoms with van der Waals surface area (Å²) in [4.78, 5) is 13.5. The van der Waals surface area contributed by atoms with Gasteiger partial charge in [-0.1, -0.05) is 0 Å². The third-order valence-electron chi connectivity index (χ3n) is 2.66. The summed E-state index contributed by atoms with van der Waals surface area (Å²) in [7, 11) is 1.70. The summed E-state index contributed by atoms with van der Waals surface area (Å²) in [6, 6.07) is 4.36. The van der Waals surface area contributed by atoms with Crippen LogP contribution in [-0.4, -0.2) is 36.1 Å². The molecular formula is C13H17BrFNO2. The van der Waals surface area contributed by atoms with E-state index in [2.05, 4.69) is 15.9 Å². The number of carbonyl (C=O) groups excluding carboxylic acids is 1. The second kappa shape index (κ2) is 7.48. The van der Waals surface area contributed by atoms with Crippen LogP contribution in [0.5, 0.6) is 0 Å². The highest BCUT2D eigenvalue weighted by Crippen LogP contribution is 2.17. The maximum atomic E-state index is 13.3.